The van der Waals surface area contributed by atoms with Crippen LogP contribution < -0.4 is 4.90 Å². The highest BCUT2D eigenvalue weighted by Crippen LogP contribution is 2.25. The van der Waals surface area contributed by atoms with Gasteiger partial charge >= 0.3 is 0 Å². The summed E-state index contributed by atoms with van der Waals surface area (Å²) in [6, 6.07) is 9.24. The van der Waals surface area contributed by atoms with E-state index in [1.165, 1.54) is 0 Å². The number of hydrogen-bond donors (Lipinski definition) is 0. The van der Waals surface area contributed by atoms with Gasteiger partial charge in [-0.05, 0) is 42.8 Å². The van der Waals surface area contributed by atoms with Gasteiger partial charge in [-0.1, -0.05) is 11.6 Å². The average molecular weight is 275 g/mol. The fourth-order valence-electron chi connectivity index (χ4n) is 1.97. The van der Waals surface area contributed by atoms with Gasteiger partial charge in [0.25, 0.3) is 0 Å². The number of carbonyl (C=O) groups excluding carboxylic acids is 1. The Bertz CT molecular complexity index is 557. The Kier molecular flexibility index (Phi) is 4.53. The van der Waals surface area contributed by atoms with Crippen molar-refractivity contribution in [2.45, 2.75) is 13.5 Å². The third kappa shape index (κ3) is 3.32. The van der Waals surface area contributed by atoms with E-state index in [0.717, 1.165) is 30.6 Å². The van der Waals surface area contributed by atoms with E-state index < -0.39 is 0 Å². The van der Waals surface area contributed by atoms with Crippen molar-refractivity contribution >= 4 is 23.6 Å². The molecule has 0 spiro atoms. The zero-order valence-electron chi connectivity index (χ0n) is 10.7. The second kappa shape index (κ2) is 6.34. The number of aldehydes is 1. The van der Waals surface area contributed by atoms with Crippen molar-refractivity contribution in [2.24, 2.45) is 0 Å². The molecule has 0 radical (unpaired) electrons. The maximum absolute atomic E-state index is 11.1. The highest BCUT2D eigenvalue weighted by Gasteiger charge is 2.10. The third-order valence-corrected chi connectivity index (χ3v) is 3.20. The van der Waals surface area contributed by atoms with Gasteiger partial charge in [0, 0.05) is 41.8 Å². The molecule has 4 heteroatoms. The Labute approximate surface area is 117 Å². The van der Waals surface area contributed by atoms with Crippen LogP contribution in [0, 0.1) is 0 Å². The minimum atomic E-state index is 0.633. The van der Waals surface area contributed by atoms with Crippen LogP contribution in [0.4, 0.5) is 5.69 Å². The molecule has 98 valence electrons. The van der Waals surface area contributed by atoms with Crippen molar-refractivity contribution in [3.8, 4) is 0 Å². The number of benzene rings is 1. The predicted octanol–water partition coefficient (Wildman–Crippen LogP) is 3.57. The Balaban J connectivity index is 2.31. The molecule has 0 saturated carbocycles. The third-order valence-electron chi connectivity index (χ3n) is 2.96. The van der Waals surface area contributed by atoms with Crippen LogP contribution in [-0.2, 0) is 6.54 Å². The molecule has 0 saturated heterocycles. The Morgan fingerprint density at radius 1 is 1.26 bits per heavy atom. The molecule has 0 amide bonds. The van der Waals surface area contributed by atoms with Crippen LogP contribution in [0.2, 0.25) is 5.02 Å². The average Bonchev–Trinajstić information content (AvgIpc) is 2.46. The normalized spacial score (nSPS) is 10.2. The standard InChI is InChI=1S/C15H15ClN2O/c1-2-18(10-12-5-7-17-8-6-12)15-9-14(16)4-3-13(15)11-19/h3-9,11H,2,10H2,1H3. The molecule has 0 aliphatic carbocycles. The minimum absolute atomic E-state index is 0.633. The molecule has 1 aromatic carbocycles. The van der Waals surface area contributed by atoms with E-state index in [1.54, 1.807) is 24.5 Å². The first-order valence-corrected chi connectivity index (χ1v) is 6.51. The maximum atomic E-state index is 11.1. The summed E-state index contributed by atoms with van der Waals surface area (Å²) in [4.78, 5) is 17.3. The van der Waals surface area contributed by atoms with E-state index in [2.05, 4.69) is 16.8 Å². The van der Waals surface area contributed by atoms with E-state index in [1.807, 2.05) is 18.2 Å². The first kappa shape index (κ1) is 13.6. The number of carbonyl (C=O) groups is 1. The van der Waals surface area contributed by atoms with Crippen LogP contribution in [-0.4, -0.2) is 17.8 Å². The van der Waals surface area contributed by atoms with Crippen molar-refractivity contribution in [3.05, 3.63) is 58.9 Å². The lowest BCUT2D eigenvalue weighted by Crippen LogP contribution is -2.23. The number of anilines is 1. The molecule has 3 nitrogen and oxygen atoms in total. The van der Waals surface area contributed by atoms with Gasteiger partial charge in [0.2, 0.25) is 0 Å². The smallest absolute Gasteiger partial charge is 0.152 e. The SMILES string of the molecule is CCN(Cc1ccncc1)c1cc(Cl)ccc1C=O. The lowest BCUT2D eigenvalue weighted by atomic mass is 10.1. The topological polar surface area (TPSA) is 33.2 Å². The summed E-state index contributed by atoms with van der Waals surface area (Å²) in [6.45, 7) is 3.57. The van der Waals surface area contributed by atoms with Crippen LogP contribution in [0.15, 0.2) is 42.7 Å². The van der Waals surface area contributed by atoms with Crippen molar-refractivity contribution in [3.63, 3.8) is 0 Å². The predicted molar refractivity (Wildman–Crippen MR) is 77.8 cm³/mol. The van der Waals surface area contributed by atoms with E-state index in [9.17, 15) is 4.79 Å². The second-order valence-corrected chi connectivity index (χ2v) is 4.63. The number of aromatic nitrogens is 1. The lowest BCUT2D eigenvalue weighted by Gasteiger charge is -2.24. The van der Waals surface area contributed by atoms with Gasteiger partial charge < -0.3 is 4.90 Å². The molecule has 2 rings (SSSR count). The summed E-state index contributed by atoms with van der Waals surface area (Å²) in [5.74, 6) is 0. The molecule has 2 aromatic rings. The maximum Gasteiger partial charge on any atom is 0.152 e. The van der Waals surface area contributed by atoms with E-state index in [0.29, 0.717) is 10.6 Å². The summed E-state index contributed by atoms with van der Waals surface area (Å²) in [5, 5.41) is 0.633. The lowest BCUT2D eigenvalue weighted by molar-refractivity contribution is 0.112. The molecule has 0 aliphatic rings. The molecular weight excluding hydrogens is 260 g/mol. The molecule has 0 N–H and O–H groups in total. The molecule has 0 atom stereocenters. The fourth-order valence-corrected chi connectivity index (χ4v) is 2.13. The van der Waals surface area contributed by atoms with Crippen LogP contribution in [0.1, 0.15) is 22.8 Å². The molecule has 19 heavy (non-hydrogen) atoms. The van der Waals surface area contributed by atoms with Crippen molar-refractivity contribution in [2.75, 3.05) is 11.4 Å². The summed E-state index contributed by atoms with van der Waals surface area (Å²) in [6.07, 6.45) is 4.39. The molecule has 0 aliphatic heterocycles. The first-order valence-electron chi connectivity index (χ1n) is 6.13. The largest absolute Gasteiger partial charge is 0.367 e. The summed E-state index contributed by atoms with van der Waals surface area (Å²) in [5.41, 5.74) is 2.66. The number of pyridine rings is 1. The zero-order valence-corrected chi connectivity index (χ0v) is 11.5. The van der Waals surface area contributed by atoms with Crippen molar-refractivity contribution in [1.29, 1.82) is 0 Å². The second-order valence-electron chi connectivity index (χ2n) is 4.19. The Morgan fingerprint density at radius 3 is 2.63 bits per heavy atom. The van der Waals surface area contributed by atoms with Gasteiger partial charge in [-0.3, -0.25) is 9.78 Å². The van der Waals surface area contributed by atoms with Crippen LogP contribution in [0.3, 0.4) is 0 Å². The first-order chi connectivity index (χ1) is 9.24. The monoisotopic (exact) mass is 274 g/mol. The summed E-state index contributed by atoms with van der Waals surface area (Å²) in [7, 11) is 0. The van der Waals surface area contributed by atoms with Gasteiger partial charge in [0.05, 0.1) is 0 Å². The van der Waals surface area contributed by atoms with E-state index in [4.69, 9.17) is 11.6 Å². The summed E-state index contributed by atoms with van der Waals surface area (Å²) >= 11 is 6.03. The van der Waals surface area contributed by atoms with Gasteiger partial charge in [-0.2, -0.15) is 0 Å². The zero-order chi connectivity index (χ0) is 13.7. The van der Waals surface area contributed by atoms with Crippen molar-refractivity contribution < 1.29 is 4.79 Å². The van der Waals surface area contributed by atoms with Crippen LogP contribution in [0.25, 0.3) is 0 Å². The number of nitrogens with zero attached hydrogens (tertiary/aromatic N) is 2. The van der Waals surface area contributed by atoms with Gasteiger partial charge in [-0.15, -0.1) is 0 Å². The van der Waals surface area contributed by atoms with Gasteiger partial charge in [0.1, 0.15) is 0 Å². The van der Waals surface area contributed by atoms with E-state index in [-0.39, 0.29) is 0 Å². The number of hydrogen-bond acceptors (Lipinski definition) is 3. The molecule has 0 unspecified atom stereocenters. The minimum Gasteiger partial charge on any atom is -0.367 e. The van der Waals surface area contributed by atoms with Crippen molar-refractivity contribution in [1.82, 2.24) is 4.98 Å². The number of rotatable bonds is 5. The quantitative estimate of drug-likeness (QED) is 0.782. The molecular formula is C15H15ClN2O. The fraction of sp³-hybridized carbons (Fsp3) is 0.200. The molecule has 0 bridgehead atoms. The van der Waals surface area contributed by atoms with Crippen LogP contribution >= 0.6 is 11.6 Å². The highest BCUT2D eigenvalue weighted by atomic mass is 35.5. The number of halogens is 1. The van der Waals surface area contributed by atoms with Gasteiger partial charge in [0.15, 0.2) is 6.29 Å². The Hall–Kier alpha value is -1.87. The Morgan fingerprint density at radius 2 is 2.00 bits per heavy atom. The van der Waals surface area contributed by atoms with Gasteiger partial charge in [-0.25, -0.2) is 0 Å². The van der Waals surface area contributed by atoms with E-state index >= 15 is 0 Å². The van der Waals surface area contributed by atoms with Crippen LogP contribution in [0.5, 0.6) is 0 Å². The molecule has 1 heterocycles. The summed E-state index contributed by atoms with van der Waals surface area (Å²) < 4.78 is 0. The molecule has 0 fully saturated rings. The highest BCUT2D eigenvalue weighted by molar-refractivity contribution is 6.31. The molecule has 1 aromatic heterocycles.